The molecule has 0 nitrogen and oxygen atoms in total. The van der Waals surface area contributed by atoms with Crippen molar-refractivity contribution < 1.29 is 0 Å². The highest BCUT2D eigenvalue weighted by molar-refractivity contribution is 9.09. The van der Waals surface area contributed by atoms with E-state index in [1.807, 2.05) is 6.92 Å². The number of alkyl halides is 2. The summed E-state index contributed by atoms with van der Waals surface area (Å²) in [5.74, 6) is 0.694. The van der Waals surface area contributed by atoms with Gasteiger partial charge in [-0.3, -0.25) is 0 Å². The molecule has 0 amide bonds. The van der Waals surface area contributed by atoms with Gasteiger partial charge in [0.2, 0.25) is 0 Å². The smallest absolute Gasteiger partial charge is 0.0346 e. The fourth-order valence-corrected chi connectivity index (χ4v) is 0. The molecule has 0 N–H and O–H groups in total. The molecule has 0 bridgehead atoms. The van der Waals surface area contributed by atoms with Gasteiger partial charge in [0.15, 0.2) is 0 Å². The van der Waals surface area contributed by atoms with E-state index in [9.17, 15) is 0 Å². The summed E-state index contributed by atoms with van der Waals surface area (Å²) in [5, 5.41) is 0. The topological polar surface area (TPSA) is 0 Å². The summed E-state index contributed by atoms with van der Waals surface area (Å²) in [6.45, 7) is 2.01. The quantitative estimate of drug-likeness (QED) is 0.511. The summed E-state index contributed by atoms with van der Waals surface area (Å²) in [5.41, 5.74) is 0. The lowest BCUT2D eigenvalue weighted by Gasteiger charge is -1.86. The van der Waals surface area contributed by atoms with E-state index in [1.165, 1.54) is 0 Å². The molecule has 0 spiro atoms. The van der Waals surface area contributed by atoms with E-state index in [1.54, 1.807) is 0 Å². The van der Waals surface area contributed by atoms with Gasteiger partial charge < -0.3 is 0 Å². The van der Waals surface area contributed by atoms with Crippen LogP contribution in [0.15, 0.2) is 0 Å². The Morgan fingerprint density at radius 2 is 2.20 bits per heavy atom. The second kappa shape index (κ2) is 2.98. The molecule has 0 radical (unpaired) electrons. The minimum atomic E-state index is 0.462. The summed E-state index contributed by atoms with van der Waals surface area (Å²) < 4.78 is 0. The van der Waals surface area contributed by atoms with Gasteiger partial charge in [-0.1, -0.05) is 22.9 Å². The van der Waals surface area contributed by atoms with Crippen LogP contribution in [0.25, 0.3) is 0 Å². The molecule has 0 aliphatic rings. The first kappa shape index (κ1) is 5.77. The molecule has 0 aromatic heterocycles. The summed E-state index contributed by atoms with van der Waals surface area (Å²) in [4.78, 5) is 0.462. The van der Waals surface area contributed by atoms with Gasteiger partial charge in [0.1, 0.15) is 0 Å². The highest BCUT2D eigenvalue weighted by Crippen LogP contribution is 1.97. The lowest BCUT2D eigenvalue weighted by atomic mass is 10.6. The first-order valence-corrected chi connectivity index (χ1v) is 2.92. The fraction of sp³-hybridized carbons (Fsp3) is 1.00. The number of hydrogen-bond acceptors (Lipinski definition) is 0. The molecule has 2 heteroatoms. The molecule has 0 fully saturated rings. The minimum absolute atomic E-state index is 0.462. The second-order valence-corrected chi connectivity index (χ2v) is 2.81. The Morgan fingerprint density at radius 1 is 2.00 bits per heavy atom. The maximum atomic E-state index is 5.29. The first-order valence-electron chi connectivity index (χ1n) is 1.47. The molecule has 0 aliphatic heterocycles. The Balaban J connectivity index is 2.54. The average Bonchev–Trinajstić information content (AvgIpc) is 1.38. The minimum Gasteiger partial charge on any atom is -0.126 e. The van der Waals surface area contributed by atoms with E-state index in [0.29, 0.717) is 10.7 Å². The van der Waals surface area contributed by atoms with Gasteiger partial charge in [-0.2, -0.15) is 0 Å². The van der Waals surface area contributed by atoms with E-state index in [4.69, 9.17) is 11.6 Å². The molecule has 0 unspecified atom stereocenters. The molecular formula is C3H6BrCl. The normalized spacial score (nSPS) is 15.0. The van der Waals surface area contributed by atoms with E-state index < -0.39 is 0 Å². The van der Waals surface area contributed by atoms with Gasteiger partial charge in [-0.05, 0) is 0 Å². The lowest BCUT2D eigenvalue weighted by molar-refractivity contribution is 1.15. The van der Waals surface area contributed by atoms with Crippen LogP contribution in [0.2, 0.25) is 0 Å². The number of rotatable bonds is 1. The Bertz CT molecular complexity index is 20.9. The van der Waals surface area contributed by atoms with Crippen LogP contribution in [0.4, 0.5) is 0 Å². The fourth-order valence-electron chi connectivity index (χ4n) is 0. The lowest BCUT2D eigenvalue weighted by Crippen LogP contribution is -1.86. The Kier molecular flexibility index (Phi) is 3.44. The predicted octanol–water partition coefficient (Wildman–Crippen LogP) is 2.01. The highest BCUT2D eigenvalue weighted by atomic mass is 79.9. The summed E-state index contributed by atoms with van der Waals surface area (Å²) in [6, 6.07) is 0. The molecule has 0 aromatic carbocycles. The van der Waals surface area contributed by atoms with E-state index in [0.717, 1.165) is 0 Å². The second-order valence-electron chi connectivity index (χ2n) is 0.935. The largest absolute Gasteiger partial charge is 0.126 e. The van der Waals surface area contributed by atoms with Crippen LogP contribution < -0.4 is 0 Å². The van der Waals surface area contributed by atoms with Crippen molar-refractivity contribution in [3.63, 3.8) is 0 Å². The van der Waals surface area contributed by atoms with E-state index >= 15 is 0 Å². The Labute approximate surface area is 45.6 Å². The van der Waals surface area contributed by atoms with Crippen molar-refractivity contribution in [2.75, 3.05) is 5.88 Å². The molecule has 0 heterocycles. The van der Waals surface area contributed by atoms with Crippen molar-refractivity contribution in [3.05, 3.63) is 0 Å². The summed E-state index contributed by atoms with van der Waals surface area (Å²) in [7, 11) is 0. The molecule has 32 valence electrons. The zero-order valence-electron chi connectivity index (χ0n) is 3.04. The molecule has 0 saturated carbocycles. The zero-order chi connectivity index (χ0) is 4.28. The molecule has 0 saturated heterocycles. The Hall–Kier alpha value is 0.770. The van der Waals surface area contributed by atoms with Crippen LogP contribution in [0.3, 0.4) is 0 Å². The van der Waals surface area contributed by atoms with Crippen molar-refractivity contribution in [2.45, 2.75) is 11.8 Å². The molecular weight excluding hydrogens is 151 g/mol. The number of halogens is 2. The van der Waals surface area contributed by atoms with Crippen molar-refractivity contribution in [1.82, 2.24) is 0 Å². The molecule has 1 atom stereocenters. The van der Waals surface area contributed by atoms with E-state index in [2.05, 4.69) is 15.9 Å². The monoisotopic (exact) mass is 156 g/mol. The van der Waals surface area contributed by atoms with Gasteiger partial charge in [0.05, 0.1) is 0 Å². The van der Waals surface area contributed by atoms with Crippen LogP contribution in [0.1, 0.15) is 6.92 Å². The predicted molar refractivity (Wildman–Crippen MR) is 29.1 cm³/mol. The van der Waals surface area contributed by atoms with Crippen LogP contribution in [0, 0.1) is 0 Å². The molecule has 5 heavy (non-hydrogen) atoms. The van der Waals surface area contributed by atoms with Crippen LogP contribution in [0.5, 0.6) is 0 Å². The van der Waals surface area contributed by atoms with Crippen LogP contribution in [-0.2, 0) is 0 Å². The molecule has 0 rings (SSSR count). The maximum absolute atomic E-state index is 5.29. The van der Waals surface area contributed by atoms with Crippen molar-refractivity contribution in [1.29, 1.82) is 0 Å². The van der Waals surface area contributed by atoms with Gasteiger partial charge in [0, 0.05) is 10.7 Å². The van der Waals surface area contributed by atoms with Gasteiger partial charge >= 0.3 is 0 Å². The highest BCUT2D eigenvalue weighted by Gasteiger charge is 1.84. The third kappa shape index (κ3) is 4.77. The standard InChI is InChI=1S/C3H6BrCl/c1-3(4)2-5/h3H,2H2,1H3/t3-/m0/s1. The summed E-state index contributed by atoms with van der Waals surface area (Å²) in [6.07, 6.45) is 0. The SMILES string of the molecule is C[C@H](Br)CCl. The molecule has 0 aliphatic carbocycles. The summed E-state index contributed by atoms with van der Waals surface area (Å²) >= 11 is 8.53. The van der Waals surface area contributed by atoms with Gasteiger partial charge in [0.25, 0.3) is 0 Å². The zero-order valence-corrected chi connectivity index (χ0v) is 5.38. The molecule has 0 aromatic rings. The van der Waals surface area contributed by atoms with Gasteiger partial charge in [-0.15, -0.1) is 11.6 Å². The van der Waals surface area contributed by atoms with Crippen LogP contribution in [-0.4, -0.2) is 10.7 Å². The number of hydrogen-bond donors (Lipinski definition) is 0. The Morgan fingerprint density at radius 3 is 2.20 bits per heavy atom. The third-order valence-electron chi connectivity index (χ3n) is 0.213. The van der Waals surface area contributed by atoms with E-state index in [-0.39, 0.29) is 0 Å². The van der Waals surface area contributed by atoms with Crippen molar-refractivity contribution >= 4 is 27.5 Å². The van der Waals surface area contributed by atoms with Crippen molar-refractivity contribution in [2.24, 2.45) is 0 Å². The first-order chi connectivity index (χ1) is 2.27. The van der Waals surface area contributed by atoms with Crippen molar-refractivity contribution in [3.8, 4) is 0 Å². The maximum Gasteiger partial charge on any atom is 0.0346 e. The van der Waals surface area contributed by atoms with Gasteiger partial charge in [-0.25, -0.2) is 0 Å². The third-order valence-corrected chi connectivity index (χ3v) is 1.37. The van der Waals surface area contributed by atoms with Crippen LogP contribution >= 0.6 is 27.5 Å². The average molecular weight is 157 g/mol.